The van der Waals surface area contributed by atoms with Gasteiger partial charge in [-0.3, -0.25) is 0 Å². The van der Waals surface area contributed by atoms with Gasteiger partial charge < -0.3 is 20.2 Å². The van der Waals surface area contributed by atoms with E-state index in [1.165, 1.54) is 0 Å². The fourth-order valence-electron chi connectivity index (χ4n) is 0.161. The van der Waals surface area contributed by atoms with Crippen LogP contribution in [0.2, 0.25) is 0 Å². The summed E-state index contributed by atoms with van der Waals surface area (Å²) in [6.07, 6.45) is 0. The van der Waals surface area contributed by atoms with Gasteiger partial charge in [0.05, 0.1) is 9.85 Å². The van der Waals surface area contributed by atoms with Gasteiger partial charge in [-0.1, -0.05) is 0 Å². The first-order chi connectivity index (χ1) is 4.09. The highest BCUT2D eigenvalue weighted by atomic mass is 16.7. The molecule has 0 aliphatic carbocycles. The predicted octanol–water partition coefficient (Wildman–Crippen LogP) is -1.23. The molecule has 0 aliphatic rings. The number of nitrogens with two attached hydrogens (primary N) is 1. The number of guanidine groups is 1. The lowest BCUT2D eigenvalue weighted by Gasteiger charge is -1.83. The first kappa shape index (κ1) is 7.27. The molecular formula is CH2N4O4. The van der Waals surface area contributed by atoms with Crippen LogP contribution < -0.4 is 5.84 Å². The average Bonchev–Trinajstić information content (AvgIpc) is 1.64. The number of hydrazone groups is 1. The summed E-state index contributed by atoms with van der Waals surface area (Å²) in [5.41, 5.74) is 0. The van der Waals surface area contributed by atoms with Gasteiger partial charge in [-0.05, 0) is 0 Å². The van der Waals surface area contributed by atoms with Crippen LogP contribution in [0.3, 0.4) is 0 Å². The number of hydrogen-bond donors (Lipinski definition) is 1. The van der Waals surface area contributed by atoms with Crippen LogP contribution in [-0.2, 0) is 0 Å². The minimum atomic E-state index is -1.46. The zero-order valence-electron chi connectivity index (χ0n) is 4.05. The molecule has 0 rings (SSSR count). The molecule has 0 aromatic heterocycles. The second-order valence-corrected chi connectivity index (χ2v) is 0.943. The molecule has 8 heteroatoms. The molecule has 0 bridgehead atoms. The lowest BCUT2D eigenvalue weighted by atomic mass is 11.1. The van der Waals surface area contributed by atoms with E-state index in [2.05, 4.69) is 10.9 Å². The molecule has 0 saturated heterocycles. The van der Waals surface area contributed by atoms with Crippen LogP contribution in [0.25, 0.3) is 0 Å². The molecule has 0 aromatic rings. The van der Waals surface area contributed by atoms with E-state index in [-0.39, 0.29) is 0 Å². The van der Waals surface area contributed by atoms with Crippen molar-refractivity contribution < 1.29 is 9.85 Å². The normalized spacial score (nSPS) is 8.00. The van der Waals surface area contributed by atoms with Crippen LogP contribution in [0, 0.1) is 20.2 Å². The fourth-order valence-corrected chi connectivity index (χ4v) is 0.161. The van der Waals surface area contributed by atoms with E-state index in [1.54, 1.807) is 0 Å². The molecule has 0 unspecified atom stereocenters. The van der Waals surface area contributed by atoms with Gasteiger partial charge in [0.25, 0.3) is 0 Å². The minimum absolute atomic E-state index is 1.28. The van der Waals surface area contributed by atoms with E-state index in [0.717, 1.165) is 0 Å². The summed E-state index contributed by atoms with van der Waals surface area (Å²) in [4.78, 5) is 16.5. The maximum Gasteiger partial charge on any atom is 0.698 e. The maximum atomic E-state index is 9.53. The molecule has 2 N–H and O–H groups in total. The van der Waals surface area contributed by atoms with Crippen molar-refractivity contribution in [2.45, 2.75) is 0 Å². The molecule has 0 atom stereocenters. The second kappa shape index (κ2) is 2.55. The van der Waals surface area contributed by atoms with Crippen molar-refractivity contribution in [2.24, 2.45) is 10.9 Å². The zero-order chi connectivity index (χ0) is 7.44. The van der Waals surface area contributed by atoms with Crippen molar-refractivity contribution in [3.8, 4) is 0 Å². The van der Waals surface area contributed by atoms with Crippen molar-refractivity contribution in [2.75, 3.05) is 0 Å². The van der Waals surface area contributed by atoms with Gasteiger partial charge in [0.15, 0.2) is 5.10 Å². The Kier molecular flexibility index (Phi) is 2.06. The van der Waals surface area contributed by atoms with Crippen LogP contribution >= 0.6 is 0 Å². The number of nitro groups is 2. The molecule has 0 saturated carbocycles. The Hall–Kier alpha value is -1.73. The molecule has 8 nitrogen and oxygen atoms in total. The molecule has 0 aromatic carbocycles. The molecule has 50 valence electrons. The van der Waals surface area contributed by atoms with Gasteiger partial charge in [0.1, 0.15) is 0 Å². The quantitative estimate of drug-likeness (QED) is 0.146. The highest BCUT2D eigenvalue weighted by Gasteiger charge is 2.26. The van der Waals surface area contributed by atoms with Gasteiger partial charge in [0.2, 0.25) is 0 Å². The topological polar surface area (TPSA) is 125 Å². The third-order valence-electron chi connectivity index (χ3n) is 0.442. The molecule has 0 aliphatic heterocycles. The standard InChI is InChI=1S/CH2N4O4/c2-3-1(4(6)7)5(8)9/h2H2. The van der Waals surface area contributed by atoms with Gasteiger partial charge >= 0.3 is 5.96 Å². The van der Waals surface area contributed by atoms with Crippen LogP contribution in [0.15, 0.2) is 5.10 Å². The van der Waals surface area contributed by atoms with Crippen LogP contribution in [0.1, 0.15) is 0 Å². The number of nitrogens with zero attached hydrogens (tertiary/aromatic N) is 3. The fraction of sp³-hybridized carbons (Fsp3) is 0. The molecule has 0 amide bonds. The SMILES string of the molecule is NN=C([N+](=O)[O-])[N+](=O)[O-]. The molecule has 0 fully saturated rings. The Balaban J connectivity index is 4.38. The predicted molar refractivity (Wildman–Crippen MR) is 25.6 cm³/mol. The second-order valence-electron chi connectivity index (χ2n) is 0.943. The summed E-state index contributed by atoms with van der Waals surface area (Å²) in [7, 11) is 0. The van der Waals surface area contributed by atoms with Crippen LogP contribution in [0.4, 0.5) is 0 Å². The minimum Gasteiger partial charge on any atom is -0.320 e. The molecule has 0 radical (unpaired) electrons. The van der Waals surface area contributed by atoms with Crippen molar-refractivity contribution in [1.29, 1.82) is 0 Å². The third-order valence-corrected chi connectivity index (χ3v) is 0.442. The van der Waals surface area contributed by atoms with Crippen molar-refractivity contribution in [3.63, 3.8) is 0 Å². The van der Waals surface area contributed by atoms with Gasteiger partial charge in [-0.2, -0.15) is 5.84 Å². The summed E-state index contributed by atoms with van der Waals surface area (Å²) in [5, 5.41) is 21.4. The van der Waals surface area contributed by atoms with Crippen molar-refractivity contribution >= 4 is 5.96 Å². The monoisotopic (exact) mass is 134 g/mol. The zero-order valence-corrected chi connectivity index (χ0v) is 4.05. The van der Waals surface area contributed by atoms with E-state index in [0.29, 0.717) is 0 Å². The Morgan fingerprint density at radius 2 is 1.67 bits per heavy atom. The summed E-state index contributed by atoms with van der Waals surface area (Å²) < 4.78 is 0. The summed E-state index contributed by atoms with van der Waals surface area (Å²) in [5.74, 6) is 2.82. The molecule has 0 heterocycles. The summed E-state index contributed by atoms with van der Waals surface area (Å²) in [6, 6.07) is 0. The van der Waals surface area contributed by atoms with Gasteiger partial charge in [-0.25, -0.2) is 0 Å². The first-order valence-electron chi connectivity index (χ1n) is 1.66. The van der Waals surface area contributed by atoms with Crippen LogP contribution in [-0.4, -0.2) is 15.8 Å². The Morgan fingerprint density at radius 1 is 1.33 bits per heavy atom. The number of rotatable bonds is 0. The highest BCUT2D eigenvalue weighted by molar-refractivity contribution is 5.61. The summed E-state index contributed by atoms with van der Waals surface area (Å²) in [6.45, 7) is 0. The largest absolute Gasteiger partial charge is 0.698 e. The number of hydrogen-bond acceptors (Lipinski definition) is 6. The Morgan fingerprint density at radius 3 is 1.67 bits per heavy atom. The lowest BCUT2D eigenvalue weighted by molar-refractivity contribution is -0.503. The molecular weight excluding hydrogens is 132 g/mol. The van der Waals surface area contributed by atoms with E-state index in [9.17, 15) is 20.2 Å². The van der Waals surface area contributed by atoms with E-state index < -0.39 is 15.8 Å². The smallest absolute Gasteiger partial charge is 0.320 e. The van der Waals surface area contributed by atoms with E-state index in [1.807, 2.05) is 0 Å². The van der Waals surface area contributed by atoms with E-state index in [4.69, 9.17) is 0 Å². The maximum absolute atomic E-state index is 9.53. The van der Waals surface area contributed by atoms with Crippen LogP contribution in [0.5, 0.6) is 0 Å². The van der Waals surface area contributed by atoms with Gasteiger partial charge in [0, 0.05) is 0 Å². The Bertz CT molecular complexity index is 155. The van der Waals surface area contributed by atoms with E-state index >= 15 is 0 Å². The highest BCUT2D eigenvalue weighted by Crippen LogP contribution is 1.76. The average molecular weight is 134 g/mol. The van der Waals surface area contributed by atoms with Crippen molar-refractivity contribution in [3.05, 3.63) is 20.2 Å². The van der Waals surface area contributed by atoms with Crippen molar-refractivity contribution in [1.82, 2.24) is 0 Å². The molecule has 0 spiro atoms. The third kappa shape index (κ3) is 1.67. The summed E-state index contributed by atoms with van der Waals surface area (Å²) >= 11 is 0. The first-order valence-corrected chi connectivity index (χ1v) is 1.66. The lowest BCUT2D eigenvalue weighted by Crippen LogP contribution is -2.23. The molecule has 9 heavy (non-hydrogen) atoms. The van der Waals surface area contributed by atoms with Gasteiger partial charge in [-0.15, -0.1) is 0 Å². The Labute approximate surface area is 48.3 Å².